The van der Waals surface area contributed by atoms with Gasteiger partial charge in [-0.1, -0.05) is 20.3 Å². The molecule has 0 aliphatic carbocycles. The van der Waals surface area contributed by atoms with Crippen molar-refractivity contribution in [2.24, 2.45) is 5.92 Å². The number of carboxylic acids is 1. The van der Waals surface area contributed by atoms with E-state index in [4.69, 9.17) is 5.11 Å². The Kier molecular flexibility index (Phi) is 7.40. The van der Waals surface area contributed by atoms with Gasteiger partial charge in [0, 0.05) is 5.69 Å². The normalized spacial score (nSPS) is 13.4. The van der Waals surface area contributed by atoms with Crippen LogP contribution in [0.3, 0.4) is 0 Å². The largest absolute Gasteiger partial charge is 0.480 e. The lowest BCUT2D eigenvalue weighted by atomic mass is 9.99. The van der Waals surface area contributed by atoms with Gasteiger partial charge in [-0.3, -0.25) is 14.9 Å². The van der Waals surface area contributed by atoms with Crippen LogP contribution in [-0.2, 0) is 9.59 Å². The minimum atomic E-state index is -2.91. The van der Waals surface area contributed by atoms with Crippen molar-refractivity contribution in [3.05, 3.63) is 24.3 Å². The Morgan fingerprint density at radius 1 is 1.26 bits per heavy atom. The second kappa shape index (κ2) is 9.04. The van der Waals surface area contributed by atoms with Crippen molar-refractivity contribution in [1.29, 1.82) is 0 Å². The summed E-state index contributed by atoms with van der Waals surface area (Å²) in [4.78, 5) is 22.9. The van der Waals surface area contributed by atoms with E-state index in [2.05, 4.69) is 15.4 Å². The van der Waals surface area contributed by atoms with Crippen molar-refractivity contribution in [3.63, 3.8) is 0 Å². The molecule has 1 aromatic carbocycles. The summed E-state index contributed by atoms with van der Waals surface area (Å²) in [5.74, 6) is -1.58. The van der Waals surface area contributed by atoms with Gasteiger partial charge in [0.15, 0.2) is 0 Å². The Bertz CT molecular complexity index is 523. The number of carbonyl (C=O) groups is 2. The van der Waals surface area contributed by atoms with Crippen LogP contribution in [0.25, 0.3) is 0 Å². The number of carboxylic acid groups (broad SMARTS) is 1. The molecule has 0 bridgehead atoms. The first-order valence-electron chi connectivity index (χ1n) is 7.14. The van der Waals surface area contributed by atoms with Crippen LogP contribution in [0.15, 0.2) is 24.3 Å². The number of ether oxygens (including phenoxy) is 1. The summed E-state index contributed by atoms with van der Waals surface area (Å²) in [6.45, 7) is 0.570. The number of rotatable bonds is 9. The molecule has 0 saturated carbocycles. The average molecular weight is 330 g/mol. The lowest BCUT2D eigenvalue weighted by Gasteiger charge is -2.19. The summed E-state index contributed by atoms with van der Waals surface area (Å²) < 4.78 is 28.2. The molecule has 6 nitrogen and oxygen atoms in total. The molecule has 0 unspecified atom stereocenters. The fourth-order valence-corrected chi connectivity index (χ4v) is 1.90. The van der Waals surface area contributed by atoms with Crippen molar-refractivity contribution in [2.45, 2.75) is 32.9 Å². The predicted molar refractivity (Wildman–Crippen MR) is 80.6 cm³/mol. The molecular formula is C15H20F2N2O4. The third-order valence-corrected chi connectivity index (χ3v) is 3.32. The highest BCUT2D eigenvalue weighted by Gasteiger charge is 2.23. The SMILES string of the molecule is CC[C@H](C)[C@H](NCC(=O)Nc1ccc(OC(F)F)cc1)C(=O)O. The van der Waals surface area contributed by atoms with E-state index in [9.17, 15) is 18.4 Å². The van der Waals surface area contributed by atoms with Crippen LogP contribution in [0.4, 0.5) is 14.5 Å². The number of hydrogen-bond donors (Lipinski definition) is 3. The van der Waals surface area contributed by atoms with Crippen molar-refractivity contribution in [2.75, 3.05) is 11.9 Å². The van der Waals surface area contributed by atoms with Gasteiger partial charge in [0.2, 0.25) is 5.91 Å². The monoisotopic (exact) mass is 330 g/mol. The fraction of sp³-hybridized carbons (Fsp3) is 0.467. The molecule has 0 fully saturated rings. The molecule has 0 aliphatic heterocycles. The highest BCUT2D eigenvalue weighted by atomic mass is 19.3. The van der Waals surface area contributed by atoms with E-state index in [-0.39, 0.29) is 18.2 Å². The standard InChI is InChI=1S/C15H20F2N2O4/c1-3-9(2)13(14(21)22)18-8-12(20)19-10-4-6-11(7-5-10)23-15(16)17/h4-7,9,13,15,18H,3,8H2,1-2H3,(H,19,20)(H,21,22)/t9-,13-/m0/s1. The Balaban J connectivity index is 2.51. The fourth-order valence-electron chi connectivity index (χ4n) is 1.90. The van der Waals surface area contributed by atoms with Gasteiger partial charge in [-0.25, -0.2) is 0 Å². The number of benzene rings is 1. The predicted octanol–water partition coefficient (Wildman–Crippen LogP) is 2.32. The van der Waals surface area contributed by atoms with Gasteiger partial charge < -0.3 is 15.2 Å². The zero-order chi connectivity index (χ0) is 17.4. The van der Waals surface area contributed by atoms with Crippen LogP contribution < -0.4 is 15.4 Å². The summed E-state index contributed by atoms with van der Waals surface area (Å²) in [6, 6.07) is 4.62. The van der Waals surface area contributed by atoms with Gasteiger partial charge >= 0.3 is 12.6 Å². The van der Waals surface area contributed by atoms with E-state index in [0.29, 0.717) is 12.1 Å². The van der Waals surface area contributed by atoms with E-state index in [0.717, 1.165) is 0 Å². The lowest BCUT2D eigenvalue weighted by molar-refractivity contribution is -0.140. The first kappa shape index (κ1) is 18.8. The molecule has 0 radical (unpaired) electrons. The van der Waals surface area contributed by atoms with E-state index in [1.807, 2.05) is 6.92 Å². The molecule has 1 rings (SSSR count). The molecule has 23 heavy (non-hydrogen) atoms. The van der Waals surface area contributed by atoms with Crippen LogP contribution in [0.5, 0.6) is 5.75 Å². The maximum absolute atomic E-state index is 12.0. The Labute approximate surface area is 132 Å². The quantitative estimate of drug-likeness (QED) is 0.647. The lowest BCUT2D eigenvalue weighted by Crippen LogP contribution is -2.45. The van der Waals surface area contributed by atoms with Crippen molar-refractivity contribution < 1.29 is 28.2 Å². The average Bonchev–Trinajstić information content (AvgIpc) is 2.48. The summed E-state index contributed by atoms with van der Waals surface area (Å²) in [5, 5.41) is 14.3. The van der Waals surface area contributed by atoms with Crippen LogP contribution in [0.1, 0.15) is 20.3 Å². The third kappa shape index (κ3) is 6.60. The van der Waals surface area contributed by atoms with Crippen molar-refractivity contribution in [3.8, 4) is 5.75 Å². The molecule has 1 amide bonds. The van der Waals surface area contributed by atoms with Gasteiger partial charge in [-0.2, -0.15) is 8.78 Å². The molecule has 3 N–H and O–H groups in total. The number of aliphatic carboxylic acids is 1. The van der Waals surface area contributed by atoms with Crippen molar-refractivity contribution >= 4 is 17.6 Å². The van der Waals surface area contributed by atoms with Gasteiger partial charge in [-0.05, 0) is 30.2 Å². The summed E-state index contributed by atoms with van der Waals surface area (Å²) in [7, 11) is 0. The van der Waals surface area contributed by atoms with E-state index in [1.165, 1.54) is 24.3 Å². The molecular weight excluding hydrogens is 310 g/mol. The van der Waals surface area contributed by atoms with Crippen LogP contribution in [0, 0.1) is 5.92 Å². The molecule has 0 aliphatic rings. The summed E-state index contributed by atoms with van der Waals surface area (Å²) in [6.07, 6.45) is 0.664. The molecule has 8 heteroatoms. The van der Waals surface area contributed by atoms with Crippen LogP contribution in [-0.4, -0.2) is 36.2 Å². The molecule has 128 valence electrons. The van der Waals surface area contributed by atoms with Crippen LogP contribution in [0.2, 0.25) is 0 Å². The van der Waals surface area contributed by atoms with E-state index >= 15 is 0 Å². The van der Waals surface area contributed by atoms with Gasteiger partial charge in [0.1, 0.15) is 11.8 Å². The minimum absolute atomic E-state index is 0.0150. The van der Waals surface area contributed by atoms with Gasteiger partial charge in [0.25, 0.3) is 0 Å². The number of hydrogen-bond acceptors (Lipinski definition) is 4. The number of anilines is 1. The highest BCUT2D eigenvalue weighted by Crippen LogP contribution is 2.17. The van der Waals surface area contributed by atoms with Crippen LogP contribution >= 0.6 is 0 Å². The van der Waals surface area contributed by atoms with Gasteiger partial charge in [-0.15, -0.1) is 0 Å². The molecule has 0 spiro atoms. The second-order valence-corrected chi connectivity index (χ2v) is 5.03. The molecule has 0 aromatic heterocycles. The van der Waals surface area contributed by atoms with E-state index in [1.54, 1.807) is 6.92 Å². The topological polar surface area (TPSA) is 87.7 Å². The number of alkyl halides is 2. The first-order valence-corrected chi connectivity index (χ1v) is 7.14. The Morgan fingerprint density at radius 3 is 2.35 bits per heavy atom. The molecule has 0 heterocycles. The highest BCUT2D eigenvalue weighted by molar-refractivity contribution is 5.92. The van der Waals surface area contributed by atoms with Gasteiger partial charge in [0.05, 0.1) is 6.54 Å². The summed E-state index contributed by atoms with van der Waals surface area (Å²) in [5.41, 5.74) is 0.397. The maximum atomic E-state index is 12.0. The zero-order valence-corrected chi connectivity index (χ0v) is 12.9. The number of nitrogens with one attached hydrogen (secondary N) is 2. The minimum Gasteiger partial charge on any atom is -0.480 e. The molecule has 0 saturated heterocycles. The Morgan fingerprint density at radius 2 is 1.87 bits per heavy atom. The maximum Gasteiger partial charge on any atom is 0.387 e. The zero-order valence-electron chi connectivity index (χ0n) is 12.9. The number of carbonyl (C=O) groups excluding carboxylic acids is 1. The smallest absolute Gasteiger partial charge is 0.387 e. The summed E-state index contributed by atoms with van der Waals surface area (Å²) >= 11 is 0. The number of amides is 1. The van der Waals surface area contributed by atoms with Crippen molar-refractivity contribution in [1.82, 2.24) is 5.32 Å². The number of halogens is 2. The van der Waals surface area contributed by atoms with E-state index < -0.39 is 24.5 Å². The second-order valence-electron chi connectivity index (χ2n) is 5.03. The first-order chi connectivity index (χ1) is 10.8. The molecule has 1 aromatic rings. The Hall–Kier alpha value is -2.22. The molecule has 2 atom stereocenters. The third-order valence-electron chi connectivity index (χ3n) is 3.32.